The van der Waals surface area contributed by atoms with Crippen LogP contribution in [-0.2, 0) is 13.0 Å². The highest BCUT2D eigenvalue weighted by Crippen LogP contribution is 2.38. The monoisotopic (exact) mass is 423 g/mol. The number of methoxy groups -OCH3 is 1. The van der Waals surface area contributed by atoms with Gasteiger partial charge in [0.1, 0.15) is 6.61 Å². The molecule has 3 aromatic rings. The number of fused-ring (bicyclic) bond motifs is 1. The lowest BCUT2D eigenvalue weighted by molar-refractivity contribution is 0.283. The van der Waals surface area contributed by atoms with Gasteiger partial charge in [-0.2, -0.15) is 0 Å². The molecule has 0 bridgehead atoms. The van der Waals surface area contributed by atoms with Crippen molar-refractivity contribution in [1.82, 2.24) is 5.32 Å². The van der Waals surface area contributed by atoms with Crippen molar-refractivity contribution < 1.29 is 9.47 Å². The Morgan fingerprint density at radius 3 is 2.52 bits per heavy atom. The summed E-state index contributed by atoms with van der Waals surface area (Å²) in [4.78, 5) is 0. The first-order valence-electron chi connectivity index (χ1n) is 9.11. The maximum Gasteiger partial charge on any atom is 0.162 e. The van der Waals surface area contributed by atoms with Crippen LogP contribution in [0.3, 0.4) is 0 Å². The van der Waals surface area contributed by atoms with Gasteiger partial charge in [-0.1, -0.05) is 58.4 Å². The maximum atomic E-state index is 6.12. The highest BCUT2D eigenvalue weighted by atomic mass is 79.9. The zero-order chi connectivity index (χ0) is 18.6. The first-order chi connectivity index (χ1) is 13.2. The lowest BCUT2D eigenvalue weighted by atomic mass is 9.89. The van der Waals surface area contributed by atoms with Gasteiger partial charge in [0, 0.05) is 11.0 Å². The topological polar surface area (TPSA) is 30.5 Å². The minimum atomic E-state index is 0.159. The van der Waals surface area contributed by atoms with Gasteiger partial charge in [0.25, 0.3) is 0 Å². The zero-order valence-electron chi connectivity index (χ0n) is 15.2. The molecule has 4 rings (SSSR count). The van der Waals surface area contributed by atoms with Crippen LogP contribution in [0, 0.1) is 0 Å². The van der Waals surface area contributed by atoms with E-state index in [1.807, 2.05) is 18.2 Å². The van der Waals surface area contributed by atoms with Gasteiger partial charge < -0.3 is 14.8 Å². The summed E-state index contributed by atoms with van der Waals surface area (Å²) in [5.41, 5.74) is 4.95. The molecule has 0 amide bonds. The second kappa shape index (κ2) is 8.15. The Kier molecular flexibility index (Phi) is 5.46. The van der Waals surface area contributed by atoms with Gasteiger partial charge >= 0.3 is 0 Å². The van der Waals surface area contributed by atoms with Crippen molar-refractivity contribution in [1.29, 1.82) is 0 Å². The van der Waals surface area contributed by atoms with E-state index >= 15 is 0 Å². The van der Waals surface area contributed by atoms with Gasteiger partial charge in [0.05, 0.1) is 13.2 Å². The third kappa shape index (κ3) is 4.02. The lowest BCUT2D eigenvalue weighted by Gasteiger charge is -2.28. The van der Waals surface area contributed by atoms with Crippen LogP contribution in [-0.4, -0.2) is 13.7 Å². The molecule has 1 aliphatic heterocycles. The number of rotatable bonds is 5. The molecule has 1 atom stereocenters. The number of nitrogens with one attached hydrogen (secondary N) is 1. The van der Waals surface area contributed by atoms with E-state index in [0.29, 0.717) is 6.61 Å². The molecule has 3 aromatic carbocycles. The summed E-state index contributed by atoms with van der Waals surface area (Å²) in [5, 5.41) is 3.64. The molecule has 0 aromatic heterocycles. The SMILES string of the molecule is COc1cc2c(cc1OCc1ccccc1)C(c1ccc(Br)cc1)NCC2. The van der Waals surface area contributed by atoms with E-state index in [2.05, 4.69) is 69.8 Å². The van der Waals surface area contributed by atoms with Gasteiger partial charge in [0.15, 0.2) is 11.5 Å². The standard InChI is InChI=1S/C23H22BrNO2/c1-26-21-13-18-11-12-25-23(17-7-9-19(24)10-8-17)20(18)14-22(21)27-15-16-5-3-2-4-6-16/h2-10,13-14,23,25H,11-12,15H2,1H3. The summed E-state index contributed by atoms with van der Waals surface area (Å²) < 4.78 is 12.8. The minimum absolute atomic E-state index is 0.159. The molecule has 138 valence electrons. The van der Waals surface area contributed by atoms with Crippen LogP contribution < -0.4 is 14.8 Å². The number of hydrogen-bond donors (Lipinski definition) is 1. The van der Waals surface area contributed by atoms with Crippen LogP contribution in [0.5, 0.6) is 11.5 Å². The van der Waals surface area contributed by atoms with Crippen molar-refractivity contribution in [2.24, 2.45) is 0 Å². The summed E-state index contributed by atoms with van der Waals surface area (Å²) in [7, 11) is 1.70. The van der Waals surface area contributed by atoms with E-state index in [4.69, 9.17) is 9.47 Å². The van der Waals surface area contributed by atoms with Crippen LogP contribution >= 0.6 is 15.9 Å². The number of hydrogen-bond acceptors (Lipinski definition) is 3. The normalized spacial score (nSPS) is 15.9. The largest absolute Gasteiger partial charge is 0.493 e. The molecule has 0 saturated heterocycles. The van der Waals surface area contributed by atoms with Crippen LogP contribution in [0.1, 0.15) is 28.3 Å². The molecule has 1 aliphatic rings. The first kappa shape index (κ1) is 18.1. The fourth-order valence-electron chi connectivity index (χ4n) is 3.52. The van der Waals surface area contributed by atoms with Crippen molar-refractivity contribution in [2.75, 3.05) is 13.7 Å². The molecule has 1 heterocycles. The summed E-state index contributed by atoms with van der Waals surface area (Å²) in [6, 6.07) is 23.1. The fourth-order valence-corrected chi connectivity index (χ4v) is 3.79. The average molecular weight is 424 g/mol. The fraction of sp³-hybridized carbons (Fsp3) is 0.217. The first-order valence-corrected chi connectivity index (χ1v) is 9.90. The highest BCUT2D eigenvalue weighted by molar-refractivity contribution is 9.10. The van der Waals surface area contributed by atoms with Crippen molar-refractivity contribution >= 4 is 15.9 Å². The molecule has 0 aliphatic carbocycles. The highest BCUT2D eigenvalue weighted by Gasteiger charge is 2.24. The van der Waals surface area contributed by atoms with Gasteiger partial charge in [-0.05, 0) is 52.9 Å². The van der Waals surface area contributed by atoms with Crippen LogP contribution in [0.4, 0.5) is 0 Å². The second-order valence-electron chi connectivity index (χ2n) is 6.66. The van der Waals surface area contributed by atoms with Crippen LogP contribution in [0.25, 0.3) is 0 Å². The van der Waals surface area contributed by atoms with Crippen molar-refractivity contribution in [2.45, 2.75) is 19.1 Å². The van der Waals surface area contributed by atoms with Crippen molar-refractivity contribution in [3.63, 3.8) is 0 Å². The Balaban J connectivity index is 1.66. The third-order valence-electron chi connectivity index (χ3n) is 4.92. The molecule has 3 nitrogen and oxygen atoms in total. The van der Waals surface area contributed by atoms with Crippen molar-refractivity contribution in [3.05, 3.63) is 93.5 Å². The quantitative estimate of drug-likeness (QED) is 0.605. The zero-order valence-corrected chi connectivity index (χ0v) is 16.8. The number of benzene rings is 3. The van der Waals surface area contributed by atoms with Crippen molar-refractivity contribution in [3.8, 4) is 11.5 Å². The molecular weight excluding hydrogens is 402 g/mol. The van der Waals surface area contributed by atoms with Gasteiger partial charge in [0.2, 0.25) is 0 Å². The average Bonchev–Trinajstić information content (AvgIpc) is 2.72. The third-order valence-corrected chi connectivity index (χ3v) is 5.45. The molecule has 0 radical (unpaired) electrons. The van der Waals surface area contributed by atoms with E-state index in [0.717, 1.165) is 34.5 Å². The summed E-state index contributed by atoms with van der Waals surface area (Å²) in [6.07, 6.45) is 0.984. The second-order valence-corrected chi connectivity index (χ2v) is 7.58. The summed E-state index contributed by atoms with van der Waals surface area (Å²) >= 11 is 3.52. The lowest BCUT2D eigenvalue weighted by Crippen LogP contribution is -2.30. The number of ether oxygens (including phenoxy) is 2. The predicted octanol–water partition coefficient (Wildman–Crippen LogP) is 5.27. The molecule has 0 fully saturated rings. The van der Waals surface area contributed by atoms with Crippen LogP contribution in [0.15, 0.2) is 71.2 Å². The Labute approximate surface area is 168 Å². The predicted molar refractivity (Wildman–Crippen MR) is 111 cm³/mol. The van der Waals surface area contributed by atoms with E-state index in [9.17, 15) is 0 Å². The maximum absolute atomic E-state index is 6.12. The Morgan fingerprint density at radius 1 is 1.00 bits per heavy atom. The molecule has 1 unspecified atom stereocenters. The van der Waals surface area contributed by atoms with Gasteiger partial charge in [-0.3, -0.25) is 0 Å². The van der Waals surface area contributed by atoms with E-state index in [1.54, 1.807) is 7.11 Å². The van der Waals surface area contributed by atoms with E-state index in [-0.39, 0.29) is 6.04 Å². The minimum Gasteiger partial charge on any atom is -0.493 e. The Hall–Kier alpha value is -2.30. The Bertz CT molecular complexity index is 910. The van der Waals surface area contributed by atoms with Gasteiger partial charge in [-0.25, -0.2) is 0 Å². The van der Waals surface area contributed by atoms with E-state index < -0.39 is 0 Å². The number of halogens is 1. The molecule has 27 heavy (non-hydrogen) atoms. The Morgan fingerprint density at radius 2 is 1.78 bits per heavy atom. The smallest absolute Gasteiger partial charge is 0.162 e. The molecule has 4 heteroatoms. The molecule has 1 N–H and O–H groups in total. The molecule has 0 saturated carbocycles. The molecule has 0 spiro atoms. The summed E-state index contributed by atoms with van der Waals surface area (Å²) in [6.45, 7) is 1.47. The van der Waals surface area contributed by atoms with E-state index in [1.165, 1.54) is 16.7 Å². The molecular formula is C23H22BrNO2. The van der Waals surface area contributed by atoms with Crippen LogP contribution in [0.2, 0.25) is 0 Å². The van der Waals surface area contributed by atoms with Gasteiger partial charge in [-0.15, -0.1) is 0 Å². The summed E-state index contributed by atoms with van der Waals surface area (Å²) in [5.74, 6) is 1.58.